The number of pyridine rings is 3. The molecule has 9 aromatic heterocycles. The number of carbonyl (C=O) groups excluding carboxylic acids is 3. The number of aromatic amines is 3. The van der Waals surface area contributed by atoms with Gasteiger partial charge in [0, 0.05) is 106 Å². The van der Waals surface area contributed by atoms with Crippen LogP contribution in [0.25, 0.3) is 65.4 Å². The first kappa shape index (κ1) is 73.5. The maximum Gasteiger partial charge on any atom is 0.396 e. The van der Waals surface area contributed by atoms with E-state index in [1.165, 1.54) is 12.4 Å². The molecule has 32 heteroatoms. The van der Waals surface area contributed by atoms with Crippen LogP contribution in [-0.4, -0.2) is 84.9 Å². The second-order valence-electron chi connectivity index (χ2n) is 21.7. The summed E-state index contributed by atoms with van der Waals surface area (Å²) >= 11 is 35.8. The summed E-state index contributed by atoms with van der Waals surface area (Å²) in [5.74, 6) is -2.78. The predicted octanol–water partition coefficient (Wildman–Crippen LogP) is 16.6. The van der Waals surface area contributed by atoms with Crippen LogP contribution in [0.3, 0.4) is 0 Å². The third-order valence-electron chi connectivity index (χ3n) is 15.0. The largest absolute Gasteiger partial charge is 0.459 e. The maximum absolute atomic E-state index is 14.7. The minimum absolute atomic E-state index is 0. The number of carbonyl (C=O) groups is 3. The van der Waals surface area contributed by atoms with Crippen molar-refractivity contribution in [2.45, 2.75) is 53.2 Å². The highest BCUT2D eigenvalue weighted by Crippen LogP contribution is 2.31. The minimum atomic E-state index is -0.615. The molecule has 0 aliphatic heterocycles. The normalized spacial score (nSPS) is 11.0. The number of halogens is 10. The van der Waals surface area contributed by atoms with Crippen LogP contribution >= 0.6 is 82.0 Å². The van der Waals surface area contributed by atoms with E-state index in [2.05, 4.69) is 71.1 Å². The highest BCUT2D eigenvalue weighted by Gasteiger charge is 2.22. The van der Waals surface area contributed by atoms with Crippen LogP contribution in [0, 0.1) is 17.5 Å². The zero-order valence-corrected chi connectivity index (χ0v) is 56.9. The molecule has 0 spiro atoms. The van der Waals surface area contributed by atoms with E-state index in [9.17, 15) is 27.6 Å². The van der Waals surface area contributed by atoms with Gasteiger partial charge in [0.05, 0.1) is 88.7 Å². The van der Waals surface area contributed by atoms with Crippen molar-refractivity contribution in [2.75, 3.05) is 6.61 Å². The summed E-state index contributed by atoms with van der Waals surface area (Å²) in [6.07, 6.45) is 10.4. The van der Waals surface area contributed by atoms with Gasteiger partial charge in [0.15, 0.2) is 0 Å². The van der Waals surface area contributed by atoms with E-state index in [-0.39, 0.29) is 113 Å². The van der Waals surface area contributed by atoms with Gasteiger partial charge in [0.2, 0.25) is 17.7 Å². The monoisotopic (exact) mass is 1510 g/mol. The smallest absolute Gasteiger partial charge is 0.396 e. The van der Waals surface area contributed by atoms with Gasteiger partial charge in [0.25, 0.3) is 0 Å². The van der Waals surface area contributed by atoms with E-state index in [4.69, 9.17) is 93.3 Å². The van der Waals surface area contributed by atoms with Crippen LogP contribution in [-0.2, 0) is 43.6 Å². The zero-order valence-electron chi connectivity index (χ0n) is 51.6. The molecule has 0 fully saturated rings. The number of benzene rings is 6. The summed E-state index contributed by atoms with van der Waals surface area (Å²) in [5, 5.41) is 34.5. The fourth-order valence-electron chi connectivity index (χ4n) is 10.2. The Hall–Kier alpha value is -10.2. The maximum atomic E-state index is 14.7. The molecular formula is C69H53Cl7F3N15O7. The number of H-pyrrole nitrogens is 3. The first-order chi connectivity index (χ1) is 47.8. The Morgan fingerprint density at radius 1 is 0.475 bits per heavy atom. The van der Waals surface area contributed by atoms with Crippen molar-refractivity contribution in [3.8, 4) is 0 Å². The number of fused-ring (bicyclic) bond motifs is 6. The van der Waals surface area contributed by atoms with Crippen molar-refractivity contribution in [1.82, 2.24) is 71.1 Å². The van der Waals surface area contributed by atoms with Crippen LogP contribution in [0.2, 0.25) is 30.1 Å². The number of nitrogens with one attached hydrogen (secondary N) is 5. The molecule has 0 aliphatic carbocycles. The first-order valence-electron chi connectivity index (χ1n) is 29.7. The van der Waals surface area contributed by atoms with Crippen LogP contribution in [0.1, 0.15) is 97.5 Å². The Labute approximate surface area is 606 Å². The van der Waals surface area contributed by atoms with E-state index in [1.54, 1.807) is 68.1 Å². The molecule has 7 N–H and O–H groups in total. The summed E-state index contributed by atoms with van der Waals surface area (Å²) in [6, 6.07) is 32.5. The van der Waals surface area contributed by atoms with E-state index in [0.29, 0.717) is 72.7 Å². The van der Waals surface area contributed by atoms with Crippen LogP contribution in [0.4, 0.5) is 13.2 Å². The summed E-state index contributed by atoms with van der Waals surface area (Å²) in [5.41, 5.74) is 13.5. The molecule has 516 valence electrons. The molecule has 0 unspecified atom stereocenters. The molecule has 15 aromatic rings. The molecule has 6 aromatic carbocycles. The topological polar surface area (TPSA) is 313 Å². The SMILES string of the molecule is C.CCOC(=O)c1nnc(Cc2ccc3ncc(Cl)cc3c2)o1.Cl.NCc1ccc2[nH]cc(Cl)c2c1F.O=C(NCc1ccc2[nH]cc(Cl)c2c1F)c1nnc(Cc2ccc3ncc(Cl)cc3c2)o1.O=C(NCc1ccc2[nH]cc(Cl)c2c1F)c1nnc(Cc2ccc3ncc(Cl)cc3c2)o1. The van der Waals surface area contributed by atoms with Gasteiger partial charge in [0.1, 0.15) is 17.5 Å². The van der Waals surface area contributed by atoms with Crippen LogP contribution < -0.4 is 16.4 Å². The highest BCUT2D eigenvalue weighted by atomic mass is 35.5. The Morgan fingerprint density at radius 2 is 0.812 bits per heavy atom. The molecule has 0 saturated carbocycles. The average molecular weight is 1510 g/mol. The molecule has 101 heavy (non-hydrogen) atoms. The quantitative estimate of drug-likeness (QED) is 0.0520. The Kier molecular flexibility index (Phi) is 23.9. The van der Waals surface area contributed by atoms with Gasteiger partial charge in [-0.3, -0.25) is 24.5 Å². The Balaban J connectivity index is 0.000000151. The van der Waals surface area contributed by atoms with Crippen molar-refractivity contribution in [3.05, 3.63) is 263 Å². The van der Waals surface area contributed by atoms with Crippen LogP contribution in [0.15, 0.2) is 160 Å². The number of ether oxygens (including phenoxy) is 1. The molecule has 22 nitrogen and oxygen atoms in total. The lowest BCUT2D eigenvalue weighted by Crippen LogP contribution is -2.23. The van der Waals surface area contributed by atoms with Crippen molar-refractivity contribution in [3.63, 3.8) is 0 Å². The molecule has 0 radical (unpaired) electrons. The average Bonchev–Trinajstić information content (AvgIpc) is 1.66. The fraction of sp³-hybridized carbons (Fsp3) is 0.130. The Bertz CT molecular complexity index is 5310. The van der Waals surface area contributed by atoms with Crippen molar-refractivity contribution in [1.29, 1.82) is 0 Å². The van der Waals surface area contributed by atoms with Gasteiger partial charge >= 0.3 is 35.5 Å². The standard InChI is InChI=1S/2C22H14Cl2FN5O2.C15H12ClN3O3.C9H8ClFN2.CH4.ClH/c2*23-14-7-13-5-11(1-3-16(13)26-9-14)6-18-29-30-22(32-18)21(31)28-8-12-2-4-17-19(20(12)25)15(24)10-27-17;1-2-21-15(20)14-19-18-13(22-14)6-9-3-4-12-10(5-9)7-11(16)8-17-12;10-6-4-13-7-2-1-5(3-12)9(11)8(6)7;;/h2*1-5,7,9-10,27H,6,8H2,(H,28,31);3-5,7-8H,2,6H2,1H3;1-2,4,13H,3,12H2;1H4;1H. The fourth-order valence-corrected chi connectivity index (χ4v) is 11.5. The van der Waals surface area contributed by atoms with Crippen molar-refractivity contribution >= 4 is 165 Å². The molecule has 0 atom stereocenters. The summed E-state index contributed by atoms with van der Waals surface area (Å²) in [4.78, 5) is 57.7. The minimum Gasteiger partial charge on any atom is -0.459 e. The number of rotatable bonds is 15. The van der Waals surface area contributed by atoms with Gasteiger partial charge in [-0.15, -0.1) is 43.0 Å². The third kappa shape index (κ3) is 17.3. The molecule has 0 saturated heterocycles. The summed E-state index contributed by atoms with van der Waals surface area (Å²) < 4.78 is 64.0. The summed E-state index contributed by atoms with van der Waals surface area (Å²) in [7, 11) is 0. The first-order valence-corrected chi connectivity index (χ1v) is 32.0. The Morgan fingerprint density at radius 3 is 1.17 bits per heavy atom. The third-order valence-corrected chi connectivity index (χ3v) is 16.5. The number of aromatic nitrogens is 12. The van der Waals surface area contributed by atoms with E-state index < -0.39 is 29.4 Å². The zero-order chi connectivity index (χ0) is 69.4. The van der Waals surface area contributed by atoms with Crippen molar-refractivity contribution < 1.29 is 45.5 Å². The van der Waals surface area contributed by atoms with Gasteiger partial charge in [-0.25, -0.2) is 18.0 Å². The van der Waals surface area contributed by atoms with E-state index in [0.717, 1.165) is 49.4 Å². The lowest BCUT2D eigenvalue weighted by Gasteiger charge is -2.05. The number of esters is 1. The molecule has 9 heterocycles. The van der Waals surface area contributed by atoms with E-state index in [1.807, 2.05) is 72.8 Å². The highest BCUT2D eigenvalue weighted by molar-refractivity contribution is 6.36. The van der Waals surface area contributed by atoms with Crippen molar-refractivity contribution in [2.24, 2.45) is 5.73 Å². The summed E-state index contributed by atoms with van der Waals surface area (Å²) in [6.45, 7) is 2.04. The van der Waals surface area contributed by atoms with Gasteiger partial charge in [-0.1, -0.05) is 113 Å². The predicted molar refractivity (Wildman–Crippen MR) is 382 cm³/mol. The lowest BCUT2D eigenvalue weighted by atomic mass is 10.1. The van der Waals surface area contributed by atoms with Gasteiger partial charge in [-0.05, 0) is 96.4 Å². The lowest BCUT2D eigenvalue weighted by molar-refractivity contribution is 0.0478. The number of nitrogens with zero attached hydrogens (tertiary/aromatic N) is 9. The molecule has 0 aliphatic rings. The number of amides is 2. The second kappa shape index (κ2) is 32.8. The molecule has 15 rings (SSSR count). The molecule has 0 bridgehead atoms. The molecule has 2 amide bonds. The van der Waals surface area contributed by atoms with Crippen LogP contribution in [0.5, 0.6) is 0 Å². The molecular weight excluding hydrogens is 1460 g/mol. The second-order valence-corrected chi connectivity index (χ2v) is 24.2. The number of nitrogens with two attached hydrogens (primary N) is 1. The van der Waals surface area contributed by atoms with Gasteiger partial charge < -0.3 is 49.3 Å². The van der Waals surface area contributed by atoms with E-state index >= 15 is 0 Å². The number of hydrogen-bond acceptors (Lipinski definition) is 17. The van der Waals surface area contributed by atoms with Gasteiger partial charge in [-0.2, -0.15) is 0 Å². The number of hydrogen-bond donors (Lipinski definition) is 6.